The van der Waals surface area contributed by atoms with Crippen LogP contribution in [0.3, 0.4) is 0 Å². The molecule has 3 aliphatic carbocycles. The van der Waals surface area contributed by atoms with Gasteiger partial charge in [-0.3, -0.25) is 19.8 Å². The summed E-state index contributed by atoms with van der Waals surface area (Å²) in [6, 6.07) is 0.935. The van der Waals surface area contributed by atoms with Crippen LogP contribution >= 0.6 is 0 Å². The van der Waals surface area contributed by atoms with Gasteiger partial charge in [0.15, 0.2) is 0 Å². The Morgan fingerprint density at radius 3 is 2.44 bits per heavy atom. The highest BCUT2D eigenvalue weighted by molar-refractivity contribution is 5.88. The van der Waals surface area contributed by atoms with Crippen molar-refractivity contribution in [1.82, 2.24) is 20.0 Å². The molecule has 5 aliphatic rings. The van der Waals surface area contributed by atoms with Gasteiger partial charge >= 0.3 is 0 Å². The number of piperazine rings is 1. The summed E-state index contributed by atoms with van der Waals surface area (Å²) in [6.45, 7) is 2.12. The minimum absolute atomic E-state index is 0.0764. The Balaban J connectivity index is 1.11. The van der Waals surface area contributed by atoms with E-state index in [4.69, 9.17) is 0 Å². The Morgan fingerprint density at radius 1 is 1.03 bits per heavy atom. The Kier molecular flexibility index (Phi) is 6.24. The Bertz CT molecular complexity index is 721. The predicted molar refractivity (Wildman–Crippen MR) is 119 cm³/mol. The first kappa shape index (κ1) is 22.6. The maximum Gasteiger partial charge on any atom is 0.254 e. The van der Waals surface area contributed by atoms with Crippen LogP contribution in [0.15, 0.2) is 0 Å². The van der Waals surface area contributed by atoms with E-state index in [9.17, 15) is 19.8 Å². The average Bonchev–Trinajstić information content (AvgIpc) is 3.48. The van der Waals surface area contributed by atoms with E-state index in [0.29, 0.717) is 44.6 Å². The van der Waals surface area contributed by atoms with Gasteiger partial charge in [-0.25, -0.2) is 0 Å². The van der Waals surface area contributed by atoms with Gasteiger partial charge in [-0.15, -0.1) is 0 Å². The molecule has 2 saturated heterocycles. The lowest BCUT2D eigenvalue weighted by atomic mass is 9.69. The van der Waals surface area contributed by atoms with E-state index in [2.05, 4.69) is 17.3 Å². The third-order valence-corrected chi connectivity index (χ3v) is 9.20. The molecular weight excluding hydrogens is 408 g/mol. The van der Waals surface area contributed by atoms with Gasteiger partial charge in [-0.05, 0) is 76.7 Å². The lowest BCUT2D eigenvalue weighted by Crippen LogP contribution is -2.60. The number of nitrogens with zero attached hydrogens (tertiary/aromatic N) is 3. The molecule has 8 nitrogen and oxygen atoms in total. The molecule has 180 valence electrons. The summed E-state index contributed by atoms with van der Waals surface area (Å²) >= 11 is 0. The molecule has 0 bridgehead atoms. The van der Waals surface area contributed by atoms with E-state index in [1.165, 1.54) is 19.3 Å². The van der Waals surface area contributed by atoms with Crippen molar-refractivity contribution in [1.29, 1.82) is 0 Å². The van der Waals surface area contributed by atoms with Crippen molar-refractivity contribution >= 4 is 11.8 Å². The summed E-state index contributed by atoms with van der Waals surface area (Å²) in [4.78, 5) is 31.7. The normalized spacial score (nSPS) is 39.6. The van der Waals surface area contributed by atoms with Crippen LogP contribution in [0.25, 0.3) is 0 Å². The molecule has 0 spiro atoms. The highest BCUT2D eigenvalue weighted by Gasteiger charge is 2.52. The van der Waals surface area contributed by atoms with E-state index in [0.717, 1.165) is 44.2 Å². The highest BCUT2D eigenvalue weighted by Crippen LogP contribution is 2.42. The zero-order chi connectivity index (χ0) is 22.5. The van der Waals surface area contributed by atoms with Gasteiger partial charge in [0, 0.05) is 44.3 Å². The van der Waals surface area contributed by atoms with Crippen LogP contribution in [0.1, 0.15) is 57.8 Å². The van der Waals surface area contributed by atoms with Crippen molar-refractivity contribution in [3.63, 3.8) is 0 Å². The summed E-state index contributed by atoms with van der Waals surface area (Å²) in [5.74, 6) is 1.52. The fourth-order valence-electron chi connectivity index (χ4n) is 6.92. The number of carbonyl (C=O) groups is 2. The summed E-state index contributed by atoms with van der Waals surface area (Å²) in [6.07, 6.45) is 9.10. The molecule has 5 rings (SSSR count). The molecule has 2 amide bonds. The second-order valence-corrected chi connectivity index (χ2v) is 11.1. The molecule has 0 aromatic carbocycles. The molecule has 4 unspecified atom stereocenters. The number of nitrogens with one attached hydrogen (secondary N) is 1. The van der Waals surface area contributed by atoms with Crippen LogP contribution in [0.4, 0.5) is 0 Å². The number of rotatable bonds is 4. The molecule has 2 aliphatic heterocycles. The molecule has 0 radical (unpaired) electrons. The van der Waals surface area contributed by atoms with E-state index >= 15 is 0 Å². The third-order valence-electron chi connectivity index (χ3n) is 9.20. The fraction of sp³-hybridized carbons (Fsp3) is 0.917. The monoisotopic (exact) mass is 448 g/mol. The highest BCUT2D eigenvalue weighted by atomic mass is 16.3. The lowest BCUT2D eigenvalue weighted by molar-refractivity contribution is -0.154. The van der Waals surface area contributed by atoms with Crippen LogP contribution in [-0.4, -0.2) is 100 Å². The standard InChI is InChI=1S/C24H40N4O4/c1-26-15-25-20-12-18(6-7-21(20)26)16-2-4-17(5-3-16)22(30)27-10-11-28(19(13-27)14-29)23(31)24(32)8-9-24/h16-21,25,29,32H,2-15H2,1H3. The second-order valence-electron chi connectivity index (χ2n) is 11.1. The van der Waals surface area contributed by atoms with E-state index in [1.807, 2.05) is 4.90 Å². The molecule has 3 N–H and O–H groups in total. The van der Waals surface area contributed by atoms with Crippen molar-refractivity contribution in [3.8, 4) is 0 Å². The minimum atomic E-state index is -1.22. The second kappa shape index (κ2) is 8.85. The van der Waals surface area contributed by atoms with Crippen LogP contribution in [0.2, 0.25) is 0 Å². The van der Waals surface area contributed by atoms with E-state index in [1.54, 1.807) is 4.90 Å². The molecule has 3 saturated carbocycles. The van der Waals surface area contributed by atoms with Crippen LogP contribution in [0.5, 0.6) is 0 Å². The largest absolute Gasteiger partial charge is 0.394 e. The van der Waals surface area contributed by atoms with Crippen LogP contribution in [0, 0.1) is 17.8 Å². The van der Waals surface area contributed by atoms with Crippen molar-refractivity contribution in [2.45, 2.75) is 81.5 Å². The number of hydrogen-bond acceptors (Lipinski definition) is 6. The van der Waals surface area contributed by atoms with E-state index in [-0.39, 0.29) is 24.3 Å². The first-order valence-electron chi connectivity index (χ1n) is 12.8. The maximum atomic E-state index is 13.2. The van der Waals surface area contributed by atoms with Gasteiger partial charge < -0.3 is 20.0 Å². The van der Waals surface area contributed by atoms with Crippen LogP contribution in [-0.2, 0) is 9.59 Å². The average molecular weight is 449 g/mol. The third kappa shape index (κ3) is 4.19. The predicted octanol–water partition coefficient (Wildman–Crippen LogP) is 0.379. The van der Waals surface area contributed by atoms with Crippen molar-refractivity contribution in [2.24, 2.45) is 17.8 Å². The summed E-state index contributed by atoms with van der Waals surface area (Å²) < 4.78 is 0. The molecule has 8 heteroatoms. The molecule has 0 aromatic rings. The quantitative estimate of drug-likeness (QED) is 0.576. The SMILES string of the molecule is CN1CNC2CC(C3CCC(C(=O)N4CCN(C(=O)C5(O)CC5)C(CO)C4)CC3)CCC21. The van der Waals surface area contributed by atoms with Gasteiger partial charge in [0.25, 0.3) is 5.91 Å². The number of aliphatic hydroxyl groups is 2. The first-order valence-corrected chi connectivity index (χ1v) is 12.8. The summed E-state index contributed by atoms with van der Waals surface area (Å²) in [7, 11) is 2.22. The fourth-order valence-corrected chi connectivity index (χ4v) is 6.92. The Morgan fingerprint density at radius 2 is 1.75 bits per heavy atom. The molecule has 4 atom stereocenters. The number of hydrogen-bond donors (Lipinski definition) is 3. The lowest BCUT2D eigenvalue weighted by Gasteiger charge is -2.44. The van der Waals surface area contributed by atoms with Crippen molar-refractivity contribution in [2.75, 3.05) is 40.0 Å². The summed E-state index contributed by atoms with van der Waals surface area (Å²) in [5.41, 5.74) is -1.22. The zero-order valence-corrected chi connectivity index (χ0v) is 19.4. The molecule has 5 fully saturated rings. The number of amides is 2. The van der Waals surface area contributed by atoms with E-state index < -0.39 is 11.6 Å². The first-order chi connectivity index (χ1) is 15.4. The Labute approximate surface area is 191 Å². The Hall–Kier alpha value is -1.22. The smallest absolute Gasteiger partial charge is 0.254 e. The minimum Gasteiger partial charge on any atom is -0.394 e. The maximum absolute atomic E-state index is 13.2. The molecule has 2 heterocycles. The molecule has 32 heavy (non-hydrogen) atoms. The van der Waals surface area contributed by atoms with Crippen LogP contribution < -0.4 is 5.32 Å². The van der Waals surface area contributed by atoms with Gasteiger partial charge in [-0.1, -0.05) is 0 Å². The van der Waals surface area contributed by atoms with Gasteiger partial charge in [0.1, 0.15) is 5.60 Å². The van der Waals surface area contributed by atoms with Gasteiger partial charge in [0.05, 0.1) is 12.6 Å². The van der Waals surface area contributed by atoms with Gasteiger partial charge in [0.2, 0.25) is 5.91 Å². The number of likely N-dealkylation sites (N-methyl/N-ethyl adjacent to an activating group) is 1. The van der Waals surface area contributed by atoms with Crippen molar-refractivity contribution < 1.29 is 19.8 Å². The van der Waals surface area contributed by atoms with Gasteiger partial charge in [-0.2, -0.15) is 0 Å². The number of carbonyl (C=O) groups excluding carboxylic acids is 2. The molecule has 0 aromatic heterocycles. The number of fused-ring (bicyclic) bond motifs is 1. The number of aliphatic hydroxyl groups excluding tert-OH is 1. The van der Waals surface area contributed by atoms with Crippen molar-refractivity contribution in [3.05, 3.63) is 0 Å². The topological polar surface area (TPSA) is 96.4 Å². The molecular formula is C24H40N4O4. The zero-order valence-electron chi connectivity index (χ0n) is 19.4. The summed E-state index contributed by atoms with van der Waals surface area (Å²) in [5, 5.41) is 23.7.